The average molecular weight is 180 g/mol. The summed E-state index contributed by atoms with van der Waals surface area (Å²) in [6.07, 6.45) is 1.37. The van der Waals surface area contributed by atoms with E-state index in [4.69, 9.17) is 10.8 Å². The Hall–Kier alpha value is -0.930. The minimum absolute atomic E-state index is 0.0132. The first-order valence-corrected chi connectivity index (χ1v) is 4.51. The molecule has 3 nitrogen and oxygen atoms in total. The van der Waals surface area contributed by atoms with Crippen molar-refractivity contribution in [2.24, 2.45) is 5.73 Å². The SMILES string of the molecule is Cc1cccc(C[C@@H](N)CCO)n1. The molecular weight excluding hydrogens is 164 g/mol. The highest BCUT2D eigenvalue weighted by atomic mass is 16.3. The maximum atomic E-state index is 8.67. The van der Waals surface area contributed by atoms with Crippen molar-refractivity contribution in [3.8, 4) is 0 Å². The Labute approximate surface area is 78.6 Å². The molecule has 72 valence electrons. The minimum Gasteiger partial charge on any atom is -0.396 e. The molecule has 3 heteroatoms. The molecule has 0 aromatic carbocycles. The summed E-state index contributed by atoms with van der Waals surface area (Å²) in [5.74, 6) is 0. The lowest BCUT2D eigenvalue weighted by Crippen LogP contribution is -2.24. The molecule has 0 aliphatic carbocycles. The van der Waals surface area contributed by atoms with E-state index in [1.165, 1.54) is 0 Å². The molecule has 0 saturated heterocycles. The number of nitrogens with zero attached hydrogens (tertiary/aromatic N) is 1. The molecule has 0 aliphatic rings. The van der Waals surface area contributed by atoms with Crippen molar-refractivity contribution < 1.29 is 5.11 Å². The van der Waals surface area contributed by atoms with Crippen LogP contribution in [-0.4, -0.2) is 22.7 Å². The fraction of sp³-hybridized carbons (Fsp3) is 0.500. The van der Waals surface area contributed by atoms with E-state index in [2.05, 4.69) is 4.98 Å². The Kier molecular flexibility index (Phi) is 3.86. The van der Waals surface area contributed by atoms with Gasteiger partial charge in [0.25, 0.3) is 0 Å². The molecule has 1 heterocycles. The predicted octanol–water partition coefficient (Wildman–Crippen LogP) is 0.642. The number of pyridine rings is 1. The summed E-state index contributed by atoms with van der Waals surface area (Å²) in [7, 11) is 0. The molecule has 1 atom stereocenters. The Balaban J connectivity index is 2.53. The highest BCUT2D eigenvalue weighted by Crippen LogP contribution is 2.02. The third kappa shape index (κ3) is 3.53. The second kappa shape index (κ2) is 4.94. The molecule has 0 unspecified atom stereocenters. The van der Waals surface area contributed by atoms with Crippen LogP contribution in [0.1, 0.15) is 17.8 Å². The van der Waals surface area contributed by atoms with Crippen LogP contribution < -0.4 is 5.73 Å². The normalized spacial score (nSPS) is 12.8. The summed E-state index contributed by atoms with van der Waals surface area (Å²) >= 11 is 0. The van der Waals surface area contributed by atoms with Crippen LogP contribution in [-0.2, 0) is 6.42 Å². The molecule has 0 spiro atoms. The molecule has 0 bridgehead atoms. The number of aliphatic hydroxyl groups is 1. The van der Waals surface area contributed by atoms with Gasteiger partial charge in [-0.3, -0.25) is 4.98 Å². The lowest BCUT2D eigenvalue weighted by Gasteiger charge is -2.08. The van der Waals surface area contributed by atoms with Gasteiger partial charge in [0.15, 0.2) is 0 Å². The zero-order valence-electron chi connectivity index (χ0n) is 7.90. The molecule has 0 fully saturated rings. The van der Waals surface area contributed by atoms with E-state index in [1.807, 2.05) is 25.1 Å². The highest BCUT2D eigenvalue weighted by Gasteiger charge is 2.03. The van der Waals surface area contributed by atoms with E-state index in [0.29, 0.717) is 6.42 Å². The molecule has 13 heavy (non-hydrogen) atoms. The van der Waals surface area contributed by atoms with Crippen molar-refractivity contribution in [3.05, 3.63) is 29.6 Å². The van der Waals surface area contributed by atoms with Crippen molar-refractivity contribution in [3.63, 3.8) is 0 Å². The third-order valence-corrected chi connectivity index (χ3v) is 1.92. The Morgan fingerprint density at radius 1 is 1.54 bits per heavy atom. The minimum atomic E-state index is 0.0132. The van der Waals surface area contributed by atoms with Gasteiger partial charge in [-0.25, -0.2) is 0 Å². The van der Waals surface area contributed by atoms with Crippen LogP contribution in [0, 0.1) is 6.92 Å². The molecule has 1 aromatic rings. The van der Waals surface area contributed by atoms with Crippen LogP contribution in [0.25, 0.3) is 0 Å². The molecule has 3 N–H and O–H groups in total. The maximum Gasteiger partial charge on any atom is 0.0445 e. The molecule has 0 amide bonds. The number of hydrogen-bond donors (Lipinski definition) is 2. The number of aryl methyl sites for hydroxylation is 1. The quantitative estimate of drug-likeness (QED) is 0.715. The first-order chi connectivity index (χ1) is 6.22. The fourth-order valence-corrected chi connectivity index (χ4v) is 1.25. The third-order valence-electron chi connectivity index (χ3n) is 1.92. The zero-order chi connectivity index (χ0) is 9.68. The van der Waals surface area contributed by atoms with Crippen LogP contribution in [0.15, 0.2) is 18.2 Å². The van der Waals surface area contributed by atoms with Gasteiger partial charge in [-0.1, -0.05) is 6.07 Å². The molecule has 1 rings (SSSR count). The van der Waals surface area contributed by atoms with Crippen LogP contribution in [0.3, 0.4) is 0 Å². The summed E-state index contributed by atoms with van der Waals surface area (Å²) in [5.41, 5.74) is 7.78. The maximum absolute atomic E-state index is 8.67. The number of nitrogens with two attached hydrogens (primary N) is 1. The van der Waals surface area contributed by atoms with E-state index in [0.717, 1.165) is 17.8 Å². The van der Waals surface area contributed by atoms with Crippen LogP contribution in [0.2, 0.25) is 0 Å². The van der Waals surface area contributed by atoms with Gasteiger partial charge in [0.1, 0.15) is 0 Å². The van der Waals surface area contributed by atoms with Crippen molar-refractivity contribution >= 4 is 0 Å². The zero-order valence-corrected chi connectivity index (χ0v) is 7.90. The highest BCUT2D eigenvalue weighted by molar-refractivity contribution is 5.10. The number of aromatic nitrogens is 1. The van der Waals surface area contributed by atoms with Crippen LogP contribution in [0.5, 0.6) is 0 Å². The van der Waals surface area contributed by atoms with Crippen molar-refractivity contribution in [2.45, 2.75) is 25.8 Å². The second-order valence-electron chi connectivity index (χ2n) is 3.25. The van der Waals surface area contributed by atoms with Gasteiger partial charge in [0.2, 0.25) is 0 Å². The Morgan fingerprint density at radius 3 is 2.92 bits per heavy atom. The first kappa shape index (κ1) is 10.2. The smallest absolute Gasteiger partial charge is 0.0445 e. The van der Waals surface area contributed by atoms with E-state index >= 15 is 0 Å². The second-order valence-corrected chi connectivity index (χ2v) is 3.25. The standard InChI is InChI=1S/C10H16N2O/c1-8-3-2-4-10(12-8)7-9(11)5-6-13/h2-4,9,13H,5-7,11H2,1H3/t9-/m0/s1. The topological polar surface area (TPSA) is 59.1 Å². The average Bonchev–Trinajstić information content (AvgIpc) is 2.04. The van der Waals surface area contributed by atoms with Crippen LogP contribution in [0.4, 0.5) is 0 Å². The van der Waals surface area contributed by atoms with Gasteiger partial charge in [-0.2, -0.15) is 0 Å². The summed E-state index contributed by atoms with van der Waals surface area (Å²) < 4.78 is 0. The lowest BCUT2D eigenvalue weighted by molar-refractivity contribution is 0.275. The van der Waals surface area contributed by atoms with Gasteiger partial charge in [-0.05, 0) is 25.5 Å². The lowest BCUT2D eigenvalue weighted by atomic mass is 10.1. The number of hydrogen-bond acceptors (Lipinski definition) is 3. The van der Waals surface area contributed by atoms with Crippen molar-refractivity contribution in [2.75, 3.05) is 6.61 Å². The van der Waals surface area contributed by atoms with Gasteiger partial charge < -0.3 is 10.8 Å². The fourth-order valence-electron chi connectivity index (χ4n) is 1.25. The van der Waals surface area contributed by atoms with Gasteiger partial charge in [0, 0.05) is 30.5 Å². The van der Waals surface area contributed by atoms with Crippen molar-refractivity contribution in [1.29, 1.82) is 0 Å². The predicted molar refractivity (Wildman–Crippen MR) is 52.4 cm³/mol. The van der Waals surface area contributed by atoms with Crippen molar-refractivity contribution in [1.82, 2.24) is 4.98 Å². The van der Waals surface area contributed by atoms with E-state index < -0.39 is 0 Å². The molecular formula is C10H16N2O. The van der Waals surface area contributed by atoms with Gasteiger partial charge in [0.05, 0.1) is 0 Å². The summed E-state index contributed by atoms with van der Waals surface area (Å²) in [5, 5.41) is 8.67. The largest absolute Gasteiger partial charge is 0.396 e. The summed E-state index contributed by atoms with van der Waals surface area (Å²) in [6.45, 7) is 2.11. The Bertz CT molecular complexity index is 263. The molecule has 0 saturated carbocycles. The summed E-state index contributed by atoms with van der Waals surface area (Å²) in [6, 6.07) is 5.91. The Morgan fingerprint density at radius 2 is 2.31 bits per heavy atom. The van der Waals surface area contributed by atoms with Gasteiger partial charge in [-0.15, -0.1) is 0 Å². The molecule has 0 aliphatic heterocycles. The number of aliphatic hydroxyl groups excluding tert-OH is 1. The van der Waals surface area contributed by atoms with Gasteiger partial charge >= 0.3 is 0 Å². The van der Waals surface area contributed by atoms with E-state index in [1.54, 1.807) is 0 Å². The monoisotopic (exact) mass is 180 g/mol. The number of rotatable bonds is 4. The van der Waals surface area contributed by atoms with E-state index in [-0.39, 0.29) is 12.6 Å². The van der Waals surface area contributed by atoms with E-state index in [9.17, 15) is 0 Å². The first-order valence-electron chi connectivity index (χ1n) is 4.51. The summed E-state index contributed by atoms with van der Waals surface area (Å²) in [4.78, 5) is 4.33. The molecule has 0 radical (unpaired) electrons. The van der Waals surface area contributed by atoms with Crippen LogP contribution >= 0.6 is 0 Å². The molecule has 1 aromatic heterocycles.